The lowest BCUT2D eigenvalue weighted by atomic mass is 10.1. The van der Waals surface area contributed by atoms with Gasteiger partial charge in [-0.25, -0.2) is 8.42 Å². The molecule has 4 rings (SSSR count). The molecule has 0 atom stereocenters. The Kier molecular flexibility index (Phi) is 8.97. The molecule has 0 saturated carbocycles. The number of benzene rings is 4. The molecule has 0 unspecified atom stereocenters. The van der Waals surface area contributed by atoms with Gasteiger partial charge in [0.25, 0.3) is 15.7 Å². The van der Waals surface area contributed by atoms with Gasteiger partial charge in [-0.05, 0) is 54.4 Å². The molecule has 11 heteroatoms. The third kappa shape index (κ3) is 6.94. The first-order valence-corrected chi connectivity index (χ1v) is 13.9. The summed E-state index contributed by atoms with van der Waals surface area (Å²) in [5.74, 6) is 0.319. The summed E-state index contributed by atoms with van der Waals surface area (Å²) in [6, 6.07) is 28.0. The molecule has 0 aliphatic rings. The number of anilines is 3. The number of sulfonamides is 1. The van der Waals surface area contributed by atoms with E-state index in [-0.39, 0.29) is 16.3 Å². The van der Waals surface area contributed by atoms with Gasteiger partial charge in [-0.15, -0.1) is 0 Å². The number of methoxy groups -OCH3 is 1. The predicted molar refractivity (Wildman–Crippen MR) is 158 cm³/mol. The minimum atomic E-state index is -4.12. The highest BCUT2D eigenvalue weighted by Crippen LogP contribution is 2.30. The maximum absolute atomic E-state index is 12.9. The molecule has 0 aliphatic heterocycles. The molecule has 2 N–H and O–H groups in total. The van der Waals surface area contributed by atoms with Crippen LogP contribution in [-0.2, 0) is 16.6 Å². The van der Waals surface area contributed by atoms with Crippen LogP contribution in [0, 0.1) is 10.1 Å². The second kappa shape index (κ2) is 12.8. The Balaban J connectivity index is 1.46. The van der Waals surface area contributed by atoms with Crippen LogP contribution in [0.25, 0.3) is 0 Å². The predicted octanol–water partition coefficient (Wildman–Crippen LogP) is 5.88. The average Bonchev–Trinajstić information content (AvgIpc) is 2.97. The van der Waals surface area contributed by atoms with Gasteiger partial charge in [0.1, 0.15) is 11.4 Å². The second-order valence-corrected chi connectivity index (χ2v) is 10.4. The highest BCUT2D eigenvalue weighted by molar-refractivity contribution is 7.92. The lowest BCUT2D eigenvalue weighted by Gasteiger charge is -2.23. The zero-order valence-electron chi connectivity index (χ0n) is 22.0. The highest BCUT2D eigenvalue weighted by Gasteiger charge is 2.22. The van der Waals surface area contributed by atoms with Crippen LogP contribution in [-0.4, -0.2) is 33.2 Å². The first-order valence-electron chi connectivity index (χ1n) is 12.4. The van der Waals surface area contributed by atoms with Crippen LogP contribution in [0.2, 0.25) is 0 Å². The van der Waals surface area contributed by atoms with Crippen LogP contribution in [0.4, 0.5) is 22.7 Å². The summed E-state index contributed by atoms with van der Waals surface area (Å²) in [5.41, 5.74) is 5.55. The third-order valence-electron chi connectivity index (χ3n) is 6.08. The van der Waals surface area contributed by atoms with Crippen molar-refractivity contribution in [1.82, 2.24) is 0 Å². The summed E-state index contributed by atoms with van der Waals surface area (Å²) in [7, 11) is -2.70. The van der Waals surface area contributed by atoms with E-state index in [2.05, 4.69) is 39.2 Å². The van der Waals surface area contributed by atoms with Crippen molar-refractivity contribution in [3.05, 3.63) is 118 Å². The number of hydrogen-bond donors (Lipinski definition) is 2. The monoisotopic (exact) mass is 559 g/mol. The first kappa shape index (κ1) is 28.1. The van der Waals surface area contributed by atoms with Crippen molar-refractivity contribution in [1.29, 1.82) is 0 Å². The zero-order chi connectivity index (χ0) is 28.5. The molecule has 0 aromatic heterocycles. The van der Waals surface area contributed by atoms with E-state index in [4.69, 9.17) is 4.74 Å². The number of hydrazone groups is 1. The van der Waals surface area contributed by atoms with Gasteiger partial charge >= 0.3 is 0 Å². The lowest BCUT2D eigenvalue weighted by Crippen LogP contribution is -2.21. The van der Waals surface area contributed by atoms with Gasteiger partial charge in [0.2, 0.25) is 0 Å². The van der Waals surface area contributed by atoms with E-state index >= 15 is 0 Å². The van der Waals surface area contributed by atoms with Crippen molar-refractivity contribution in [2.75, 3.05) is 28.7 Å². The van der Waals surface area contributed by atoms with E-state index in [9.17, 15) is 18.5 Å². The standard InChI is InChI=1S/C29H29N5O5S/c1-3-33(21-23-9-5-4-6-10-23)24-15-13-22(14-16-24)20-30-31-26-18-17-25(19-28(26)34(35)36)40(37,38)32-27-11-7-8-12-29(27)39-2/h4-20,31-32H,3,21H2,1-2H3/b30-20+. The second-order valence-electron chi connectivity index (χ2n) is 8.70. The normalized spacial score (nSPS) is 11.2. The number of nitrogens with one attached hydrogen (secondary N) is 2. The van der Waals surface area contributed by atoms with Gasteiger partial charge in [0.05, 0.1) is 28.8 Å². The molecule has 0 heterocycles. The van der Waals surface area contributed by atoms with E-state index in [1.807, 2.05) is 42.5 Å². The van der Waals surface area contributed by atoms with Crippen LogP contribution < -0.4 is 19.8 Å². The minimum absolute atomic E-state index is 0.0501. The van der Waals surface area contributed by atoms with Gasteiger partial charge < -0.3 is 9.64 Å². The Morgan fingerprint density at radius 3 is 2.33 bits per heavy atom. The van der Waals surface area contributed by atoms with Gasteiger partial charge in [0.15, 0.2) is 0 Å². The number of nitro groups is 1. The van der Waals surface area contributed by atoms with Crippen molar-refractivity contribution in [3.63, 3.8) is 0 Å². The molecule has 0 spiro atoms. The number of hydrogen-bond acceptors (Lipinski definition) is 8. The van der Waals surface area contributed by atoms with E-state index in [0.29, 0.717) is 5.75 Å². The van der Waals surface area contributed by atoms with E-state index < -0.39 is 20.6 Å². The summed E-state index contributed by atoms with van der Waals surface area (Å²) in [6.07, 6.45) is 1.54. The molecule has 0 saturated heterocycles. The van der Waals surface area contributed by atoms with Gasteiger partial charge in [-0.3, -0.25) is 20.3 Å². The van der Waals surface area contributed by atoms with E-state index in [0.717, 1.165) is 30.4 Å². The molecule has 40 heavy (non-hydrogen) atoms. The van der Waals surface area contributed by atoms with Gasteiger partial charge in [-0.2, -0.15) is 5.10 Å². The molecule has 0 bridgehead atoms. The fourth-order valence-electron chi connectivity index (χ4n) is 3.99. The summed E-state index contributed by atoms with van der Waals surface area (Å²) < 4.78 is 33.4. The summed E-state index contributed by atoms with van der Waals surface area (Å²) in [6.45, 7) is 3.73. The summed E-state index contributed by atoms with van der Waals surface area (Å²) >= 11 is 0. The van der Waals surface area contributed by atoms with Crippen molar-refractivity contribution < 1.29 is 18.1 Å². The number of para-hydroxylation sites is 2. The molecule has 0 fully saturated rings. The number of rotatable bonds is 12. The van der Waals surface area contributed by atoms with E-state index in [1.165, 1.54) is 37.1 Å². The Labute approximate surface area is 233 Å². The van der Waals surface area contributed by atoms with Crippen molar-refractivity contribution in [2.24, 2.45) is 5.10 Å². The molecule has 4 aromatic rings. The maximum atomic E-state index is 12.9. The van der Waals surface area contributed by atoms with Crippen molar-refractivity contribution in [3.8, 4) is 5.75 Å². The fourth-order valence-corrected chi connectivity index (χ4v) is 5.08. The Morgan fingerprint density at radius 1 is 0.950 bits per heavy atom. The number of ether oxygens (including phenoxy) is 1. The van der Waals surface area contributed by atoms with Crippen LogP contribution in [0.15, 0.2) is 107 Å². The largest absolute Gasteiger partial charge is 0.495 e. The molecule has 206 valence electrons. The van der Waals surface area contributed by atoms with E-state index in [1.54, 1.807) is 18.2 Å². The first-order chi connectivity index (χ1) is 19.3. The van der Waals surface area contributed by atoms with Crippen molar-refractivity contribution in [2.45, 2.75) is 18.4 Å². The van der Waals surface area contributed by atoms with Crippen LogP contribution in [0.3, 0.4) is 0 Å². The van der Waals surface area contributed by atoms with Crippen LogP contribution in [0.1, 0.15) is 18.1 Å². The smallest absolute Gasteiger partial charge is 0.295 e. The third-order valence-corrected chi connectivity index (χ3v) is 7.45. The fraction of sp³-hybridized carbons (Fsp3) is 0.138. The molecule has 0 amide bonds. The SMILES string of the molecule is CCN(Cc1ccccc1)c1ccc(/C=N/Nc2ccc(S(=O)(=O)Nc3ccccc3OC)cc2[N+](=O)[O-])cc1. The molecular formula is C29H29N5O5S. The topological polar surface area (TPSA) is 126 Å². The zero-order valence-corrected chi connectivity index (χ0v) is 22.8. The summed E-state index contributed by atoms with van der Waals surface area (Å²) in [5, 5.41) is 15.9. The van der Waals surface area contributed by atoms with Gasteiger partial charge in [0, 0.05) is 24.8 Å². The Bertz CT molecular complexity index is 1590. The quantitative estimate of drug-likeness (QED) is 0.126. The molecule has 10 nitrogen and oxygen atoms in total. The van der Waals surface area contributed by atoms with Crippen molar-refractivity contribution >= 4 is 39.0 Å². The highest BCUT2D eigenvalue weighted by atomic mass is 32.2. The van der Waals surface area contributed by atoms with Gasteiger partial charge in [-0.1, -0.05) is 54.6 Å². The summed E-state index contributed by atoms with van der Waals surface area (Å²) in [4.78, 5) is 13.0. The average molecular weight is 560 g/mol. The molecular weight excluding hydrogens is 530 g/mol. The number of nitro benzene ring substituents is 1. The Hall–Kier alpha value is -4.90. The molecule has 0 radical (unpaired) electrons. The van der Waals surface area contributed by atoms with Crippen LogP contribution in [0.5, 0.6) is 5.75 Å². The number of nitrogens with zero attached hydrogens (tertiary/aromatic N) is 3. The Morgan fingerprint density at radius 2 is 1.65 bits per heavy atom. The molecule has 0 aliphatic carbocycles. The van der Waals surface area contributed by atoms with Crippen LogP contribution >= 0.6 is 0 Å². The maximum Gasteiger partial charge on any atom is 0.295 e. The molecule has 4 aromatic carbocycles. The lowest BCUT2D eigenvalue weighted by molar-refractivity contribution is -0.384. The minimum Gasteiger partial charge on any atom is -0.495 e.